The van der Waals surface area contributed by atoms with Crippen molar-refractivity contribution in [1.82, 2.24) is 5.32 Å². The Hall–Kier alpha value is -0.470. The van der Waals surface area contributed by atoms with Crippen molar-refractivity contribution in [1.29, 1.82) is 0 Å². The molecule has 0 saturated carbocycles. The van der Waals surface area contributed by atoms with Gasteiger partial charge >= 0.3 is 0 Å². The van der Waals surface area contributed by atoms with E-state index in [0.717, 1.165) is 31.6 Å². The SMILES string of the molecule is CCCNC(CCC)c1ccc(Cl)o1. The number of rotatable bonds is 6. The second kappa shape index (κ2) is 6.10. The molecule has 0 amide bonds. The van der Waals surface area contributed by atoms with Crippen molar-refractivity contribution >= 4 is 11.6 Å². The average Bonchev–Trinajstić information content (AvgIpc) is 2.59. The number of hydrogen-bond donors (Lipinski definition) is 1. The molecular formula is C11H18ClNO. The van der Waals surface area contributed by atoms with Crippen LogP contribution in [0.25, 0.3) is 0 Å². The highest BCUT2D eigenvalue weighted by molar-refractivity contribution is 6.28. The molecular weight excluding hydrogens is 198 g/mol. The van der Waals surface area contributed by atoms with Crippen molar-refractivity contribution in [3.05, 3.63) is 23.1 Å². The maximum Gasteiger partial charge on any atom is 0.193 e. The van der Waals surface area contributed by atoms with Crippen LogP contribution in [0.5, 0.6) is 0 Å². The van der Waals surface area contributed by atoms with Crippen molar-refractivity contribution in [3.8, 4) is 0 Å². The summed E-state index contributed by atoms with van der Waals surface area (Å²) >= 11 is 5.74. The molecule has 1 heterocycles. The minimum atomic E-state index is 0.312. The maximum absolute atomic E-state index is 5.74. The second-order valence-corrected chi connectivity index (χ2v) is 3.81. The van der Waals surface area contributed by atoms with E-state index in [1.165, 1.54) is 0 Å². The molecule has 0 aromatic carbocycles. The van der Waals surface area contributed by atoms with Gasteiger partial charge in [-0.25, -0.2) is 0 Å². The molecule has 0 aliphatic carbocycles. The molecule has 1 aromatic heterocycles. The van der Waals surface area contributed by atoms with Gasteiger partial charge in [0.05, 0.1) is 6.04 Å². The zero-order valence-corrected chi connectivity index (χ0v) is 9.60. The summed E-state index contributed by atoms with van der Waals surface area (Å²) in [7, 11) is 0. The van der Waals surface area contributed by atoms with Gasteiger partial charge in [0.15, 0.2) is 5.22 Å². The van der Waals surface area contributed by atoms with Crippen LogP contribution in [0.3, 0.4) is 0 Å². The molecule has 1 rings (SSSR count). The average molecular weight is 216 g/mol. The van der Waals surface area contributed by atoms with E-state index in [0.29, 0.717) is 11.3 Å². The summed E-state index contributed by atoms with van der Waals surface area (Å²) < 4.78 is 5.40. The van der Waals surface area contributed by atoms with E-state index in [1.807, 2.05) is 6.07 Å². The minimum Gasteiger partial charge on any atom is -0.448 e. The standard InChI is InChI=1S/C11H18ClNO/c1-3-5-9(13-8-4-2)10-6-7-11(12)14-10/h6-7,9,13H,3-5,8H2,1-2H3. The molecule has 1 atom stereocenters. The summed E-state index contributed by atoms with van der Waals surface area (Å²) in [5.41, 5.74) is 0. The fraction of sp³-hybridized carbons (Fsp3) is 0.636. The Bertz CT molecular complexity index is 260. The highest BCUT2D eigenvalue weighted by Crippen LogP contribution is 2.23. The van der Waals surface area contributed by atoms with Crippen LogP contribution >= 0.6 is 11.6 Å². The molecule has 0 spiro atoms. The summed E-state index contributed by atoms with van der Waals surface area (Å²) in [6.45, 7) is 5.35. The molecule has 0 bridgehead atoms. The molecule has 14 heavy (non-hydrogen) atoms. The number of halogens is 1. The lowest BCUT2D eigenvalue weighted by molar-refractivity contribution is 0.394. The van der Waals surface area contributed by atoms with Crippen molar-refractivity contribution in [3.63, 3.8) is 0 Å². The van der Waals surface area contributed by atoms with E-state index in [4.69, 9.17) is 16.0 Å². The molecule has 2 nitrogen and oxygen atoms in total. The van der Waals surface area contributed by atoms with Gasteiger partial charge in [-0.2, -0.15) is 0 Å². The third-order valence-corrected chi connectivity index (χ3v) is 2.36. The van der Waals surface area contributed by atoms with Crippen LogP contribution in [0.15, 0.2) is 16.5 Å². The molecule has 3 heteroatoms. The molecule has 80 valence electrons. The van der Waals surface area contributed by atoms with Crippen molar-refractivity contribution in [2.24, 2.45) is 0 Å². The quantitative estimate of drug-likeness (QED) is 0.782. The third kappa shape index (κ3) is 3.35. The lowest BCUT2D eigenvalue weighted by Gasteiger charge is -2.14. The molecule has 0 aliphatic rings. The molecule has 1 unspecified atom stereocenters. The van der Waals surface area contributed by atoms with Crippen molar-refractivity contribution in [2.45, 2.75) is 39.2 Å². The molecule has 0 radical (unpaired) electrons. The van der Waals surface area contributed by atoms with Gasteiger partial charge in [-0.15, -0.1) is 0 Å². The fourth-order valence-electron chi connectivity index (χ4n) is 1.47. The second-order valence-electron chi connectivity index (χ2n) is 3.44. The first-order chi connectivity index (χ1) is 6.77. The highest BCUT2D eigenvalue weighted by atomic mass is 35.5. The van der Waals surface area contributed by atoms with Gasteiger partial charge in [-0.1, -0.05) is 20.3 Å². The van der Waals surface area contributed by atoms with E-state index in [-0.39, 0.29) is 0 Å². The lowest BCUT2D eigenvalue weighted by atomic mass is 10.1. The zero-order valence-electron chi connectivity index (χ0n) is 8.85. The Morgan fingerprint density at radius 2 is 2.14 bits per heavy atom. The van der Waals surface area contributed by atoms with Gasteiger partial charge in [0, 0.05) is 0 Å². The van der Waals surface area contributed by atoms with Gasteiger partial charge < -0.3 is 9.73 Å². The Labute approximate surface area is 90.6 Å². The molecule has 1 aromatic rings. The van der Waals surface area contributed by atoms with E-state index in [2.05, 4.69) is 19.2 Å². The van der Waals surface area contributed by atoms with E-state index < -0.39 is 0 Å². The molecule has 0 saturated heterocycles. The summed E-state index contributed by atoms with van der Waals surface area (Å²) in [6, 6.07) is 4.06. The van der Waals surface area contributed by atoms with Crippen LogP contribution < -0.4 is 5.32 Å². The van der Waals surface area contributed by atoms with Crippen LogP contribution in [0, 0.1) is 0 Å². The Morgan fingerprint density at radius 3 is 2.64 bits per heavy atom. The smallest absolute Gasteiger partial charge is 0.193 e. The normalized spacial score (nSPS) is 13.1. The summed E-state index contributed by atoms with van der Waals surface area (Å²) in [4.78, 5) is 0. The molecule has 0 fully saturated rings. The lowest BCUT2D eigenvalue weighted by Crippen LogP contribution is -2.21. The van der Waals surface area contributed by atoms with Crippen LogP contribution in [0.4, 0.5) is 0 Å². The summed E-state index contributed by atoms with van der Waals surface area (Å²) in [5.74, 6) is 0.949. The van der Waals surface area contributed by atoms with E-state index in [1.54, 1.807) is 6.07 Å². The van der Waals surface area contributed by atoms with Gasteiger partial charge in [0.25, 0.3) is 0 Å². The van der Waals surface area contributed by atoms with Crippen LogP contribution in [0.1, 0.15) is 44.9 Å². The summed E-state index contributed by atoms with van der Waals surface area (Å²) in [5, 5.41) is 3.92. The maximum atomic E-state index is 5.74. The predicted molar refractivity (Wildman–Crippen MR) is 59.7 cm³/mol. The minimum absolute atomic E-state index is 0.312. The highest BCUT2D eigenvalue weighted by Gasteiger charge is 2.13. The number of nitrogens with one attached hydrogen (secondary N) is 1. The zero-order chi connectivity index (χ0) is 10.4. The van der Waals surface area contributed by atoms with Crippen LogP contribution in [-0.2, 0) is 0 Å². The molecule has 0 aliphatic heterocycles. The van der Waals surface area contributed by atoms with Crippen molar-refractivity contribution in [2.75, 3.05) is 6.54 Å². The van der Waals surface area contributed by atoms with Crippen molar-refractivity contribution < 1.29 is 4.42 Å². The summed E-state index contributed by atoms with van der Waals surface area (Å²) in [6.07, 6.45) is 3.36. The van der Waals surface area contributed by atoms with E-state index >= 15 is 0 Å². The first-order valence-corrected chi connectivity index (χ1v) is 5.64. The Kier molecular flexibility index (Phi) is 5.05. The first kappa shape index (κ1) is 11.6. The monoisotopic (exact) mass is 215 g/mol. The molecule has 1 N–H and O–H groups in total. The van der Waals surface area contributed by atoms with Crippen LogP contribution in [-0.4, -0.2) is 6.54 Å². The van der Waals surface area contributed by atoms with Gasteiger partial charge in [0.1, 0.15) is 5.76 Å². The van der Waals surface area contributed by atoms with Gasteiger partial charge in [0.2, 0.25) is 0 Å². The van der Waals surface area contributed by atoms with Gasteiger partial charge in [-0.05, 0) is 43.1 Å². The first-order valence-electron chi connectivity index (χ1n) is 5.26. The van der Waals surface area contributed by atoms with Gasteiger partial charge in [-0.3, -0.25) is 0 Å². The number of hydrogen-bond acceptors (Lipinski definition) is 2. The topological polar surface area (TPSA) is 25.2 Å². The Balaban J connectivity index is 2.57. The number of furan rings is 1. The third-order valence-electron chi connectivity index (χ3n) is 2.16. The fourth-order valence-corrected chi connectivity index (χ4v) is 1.62. The largest absolute Gasteiger partial charge is 0.448 e. The Morgan fingerprint density at radius 1 is 1.36 bits per heavy atom. The van der Waals surface area contributed by atoms with E-state index in [9.17, 15) is 0 Å². The van der Waals surface area contributed by atoms with Crippen LogP contribution in [0.2, 0.25) is 5.22 Å². The predicted octanol–water partition coefficient (Wildman–Crippen LogP) is 3.77.